The summed E-state index contributed by atoms with van der Waals surface area (Å²) in [6, 6.07) is 0. The van der Waals surface area contributed by atoms with Gasteiger partial charge in [-0.15, -0.1) is 0 Å². The number of hydrogen-bond donors (Lipinski definition) is 1. The molecule has 0 aliphatic rings. The highest BCUT2D eigenvalue weighted by Gasteiger charge is 2.27. The summed E-state index contributed by atoms with van der Waals surface area (Å²) in [7, 11) is 0. The maximum Gasteiger partial charge on any atom is 0.306 e. The molecule has 0 radical (unpaired) electrons. The van der Waals surface area contributed by atoms with Crippen LogP contribution >= 0.6 is 0 Å². The van der Waals surface area contributed by atoms with Gasteiger partial charge in [0.25, 0.3) is 0 Å². The van der Waals surface area contributed by atoms with Crippen molar-refractivity contribution in [2.24, 2.45) is 17.3 Å². The van der Waals surface area contributed by atoms with E-state index in [1.165, 1.54) is 103 Å². The molecule has 0 aliphatic heterocycles. The largest absolute Gasteiger partial charge is 0.481 e. The van der Waals surface area contributed by atoms with Crippen molar-refractivity contribution in [1.82, 2.24) is 0 Å². The number of rotatable bonds is 23. The van der Waals surface area contributed by atoms with Gasteiger partial charge in [-0.05, 0) is 37.0 Å². The maximum absolute atomic E-state index is 12.2. The van der Waals surface area contributed by atoms with Gasteiger partial charge >= 0.3 is 5.97 Å². The molecule has 2 unspecified atom stereocenters. The molecular weight excluding hydrogens is 392 g/mol. The Balaban J connectivity index is 4.44. The smallest absolute Gasteiger partial charge is 0.306 e. The van der Waals surface area contributed by atoms with Gasteiger partial charge in [-0.25, -0.2) is 0 Å². The van der Waals surface area contributed by atoms with E-state index in [-0.39, 0.29) is 5.92 Å². The minimum absolute atomic E-state index is 0.125. The van der Waals surface area contributed by atoms with Crippen LogP contribution in [-0.2, 0) is 4.79 Å². The number of carbonyl (C=O) groups is 1. The molecule has 0 saturated carbocycles. The molecule has 0 aromatic carbocycles. The summed E-state index contributed by atoms with van der Waals surface area (Å²) in [5.41, 5.74) is 0.354. The Bertz CT molecular complexity index is 410. The highest BCUT2D eigenvalue weighted by atomic mass is 16.4. The van der Waals surface area contributed by atoms with Crippen LogP contribution in [0.4, 0.5) is 0 Å². The Morgan fingerprint density at radius 1 is 0.594 bits per heavy atom. The zero-order valence-corrected chi connectivity index (χ0v) is 22.9. The fraction of sp³-hybridized carbons (Fsp3) is 0.967. The lowest BCUT2D eigenvalue weighted by molar-refractivity contribution is -0.144. The minimum atomic E-state index is -0.535. The van der Waals surface area contributed by atoms with Crippen molar-refractivity contribution >= 4 is 5.97 Å². The first-order valence-electron chi connectivity index (χ1n) is 14.5. The van der Waals surface area contributed by atoms with Crippen LogP contribution in [0.1, 0.15) is 169 Å². The van der Waals surface area contributed by atoms with Gasteiger partial charge in [0.1, 0.15) is 0 Å². The summed E-state index contributed by atoms with van der Waals surface area (Å²) >= 11 is 0. The molecule has 2 nitrogen and oxygen atoms in total. The maximum atomic E-state index is 12.2. The third kappa shape index (κ3) is 20.1. The van der Waals surface area contributed by atoms with Gasteiger partial charge in [-0.3, -0.25) is 4.79 Å². The molecule has 0 amide bonds. The standard InChI is InChI=1S/C30H60O2/c1-6-8-10-12-14-15-16-18-20-24-27(23-19-17-13-11-9-7-2)28(29(31)32)25-21-22-26-30(3,4)5/h27-28H,6-26H2,1-5H3,(H,31,32). The topological polar surface area (TPSA) is 37.3 Å². The summed E-state index contributed by atoms with van der Waals surface area (Å²) in [4.78, 5) is 12.2. The van der Waals surface area contributed by atoms with Crippen molar-refractivity contribution in [3.05, 3.63) is 0 Å². The summed E-state index contributed by atoms with van der Waals surface area (Å²) in [6.45, 7) is 11.4. The molecule has 2 atom stereocenters. The van der Waals surface area contributed by atoms with Gasteiger partial charge in [-0.1, -0.05) is 144 Å². The lowest BCUT2D eigenvalue weighted by Gasteiger charge is -2.25. The summed E-state index contributed by atoms with van der Waals surface area (Å²) in [5.74, 6) is -0.273. The van der Waals surface area contributed by atoms with Crippen LogP contribution in [0, 0.1) is 17.3 Å². The van der Waals surface area contributed by atoms with Crippen molar-refractivity contribution in [3.63, 3.8) is 0 Å². The summed E-state index contributed by atoms with van der Waals surface area (Å²) in [5, 5.41) is 10.0. The Morgan fingerprint density at radius 2 is 0.969 bits per heavy atom. The van der Waals surface area contributed by atoms with E-state index in [1.54, 1.807) is 0 Å². The molecule has 0 bridgehead atoms. The first-order chi connectivity index (χ1) is 15.3. The molecule has 0 spiro atoms. The van der Waals surface area contributed by atoms with Crippen LogP contribution in [0.5, 0.6) is 0 Å². The van der Waals surface area contributed by atoms with Crippen molar-refractivity contribution in [3.8, 4) is 0 Å². The predicted molar refractivity (Wildman–Crippen MR) is 142 cm³/mol. The van der Waals surface area contributed by atoms with Crippen molar-refractivity contribution in [2.75, 3.05) is 0 Å². The average Bonchev–Trinajstić information content (AvgIpc) is 2.73. The lowest BCUT2D eigenvalue weighted by atomic mass is 9.80. The van der Waals surface area contributed by atoms with E-state index in [2.05, 4.69) is 34.6 Å². The number of hydrogen-bond acceptors (Lipinski definition) is 1. The molecule has 0 aliphatic carbocycles. The first-order valence-corrected chi connectivity index (χ1v) is 14.5. The molecule has 0 fully saturated rings. The molecule has 32 heavy (non-hydrogen) atoms. The van der Waals surface area contributed by atoms with Gasteiger partial charge in [0.2, 0.25) is 0 Å². The van der Waals surface area contributed by atoms with E-state index in [0.717, 1.165) is 32.1 Å². The fourth-order valence-electron chi connectivity index (χ4n) is 5.03. The zero-order valence-electron chi connectivity index (χ0n) is 22.9. The fourth-order valence-corrected chi connectivity index (χ4v) is 5.03. The van der Waals surface area contributed by atoms with Crippen LogP contribution in [0.3, 0.4) is 0 Å². The van der Waals surface area contributed by atoms with Crippen LogP contribution in [0.15, 0.2) is 0 Å². The number of aliphatic carboxylic acids is 1. The van der Waals surface area contributed by atoms with Crippen molar-refractivity contribution < 1.29 is 9.90 Å². The van der Waals surface area contributed by atoms with Gasteiger partial charge < -0.3 is 5.11 Å². The summed E-state index contributed by atoms with van der Waals surface area (Å²) in [6.07, 6.45) is 26.4. The third-order valence-corrected chi connectivity index (χ3v) is 7.19. The monoisotopic (exact) mass is 452 g/mol. The van der Waals surface area contributed by atoms with E-state index in [1.807, 2.05) is 0 Å². The minimum Gasteiger partial charge on any atom is -0.481 e. The van der Waals surface area contributed by atoms with E-state index in [0.29, 0.717) is 11.3 Å². The molecule has 0 aromatic heterocycles. The van der Waals surface area contributed by atoms with E-state index < -0.39 is 5.97 Å². The molecule has 0 aromatic rings. The molecule has 1 N–H and O–H groups in total. The van der Waals surface area contributed by atoms with Crippen molar-refractivity contribution in [1.29, 1.82) is 0 Å². The molecule has 2 heteroatoms. The van der Waals surface area contributed by atoms with E-state index in [9.17, 15) is 9.90 Å². The number of unbranched alkanes of at least 4 members (excludes halogenated alkanes) is 14. The molecule has 0 saturated heterocycles. The average molecular weight is 453 g/mol. The molecule has 0 heterocycles. The van der Waals surface area contributed by atoms with Crippen LogP contribution in [0.25, 0.3) is 0 Å². The van der Waals surface area contributed by atoms with Crippen LogP contribution in [0.2, 0.25) is 0 Å². The second-order valence-corrected chi connectivity index (χ2v) is 11.7. The highest BCUT2D eigenvalue weighted by molar-refractivity contribution is 5.70. The Hall–Kier alpha value is -0.530. The van der Waals surface area contributed by atoms with Gasteiger partial charge in [0.05, 0.1) is 5.92 Å². The normalized spacial score (nSPS) is 13.9. The van der Waals surface area contributed by atoms with E-state index in [4.69, 9.17) is 0 Å². The molecule has 192 valence electrons. The number of carboxylic acids is 1. The van der Waals surface area contributed by atoms with Gasteiger partial charge in [0.15, 0.2) is 0 Å². The second kappa shape index (κ2) is 21.0. The number of carboxylic acid groups (broad SMARTS) is 1. The van der Waals surface area contributed by atoms with Gasteiger partial charge in [-0.2, -0.15) is 0 Å². The van der Waals surface area contributed by atoms with Crippen LogP contribution < -0.4 is 0 Å². The second-order valence-electron chi connectivity index (χ2n) is 11.7. The summed E-state index contributed by atoms with van der Waals surface area (Å²) < 4.78 is 0. The molecule has 0 rings (SSSR count). The lowest BCUT2D eigenvalue weighted by Crippen LogP contribution is -2.24. The van der Waals surface area contributed by atoms with E-state index >= 15 is 0 Å². The third-order valence-electron chi connectivity index (χ3n) is 7.19. The van der Waals surface area contributed by atoms with Crippen molar-refractivity contribution in [2.45, 2.75) is 169 Å². The highest BCUT2D eigenvalue weighted by Crippen LogP contribution is 2.31. The van der Waals surface area contributed by atoms with Crippen LogP contribution in [-0.4, -0.2) is 11.1 Å². The Kier molecular flexibility index (Phi) is 20.7. The quantitative estimate of drug-likeness (QED) is 0.156. The Labute approximate surface area is 202 Å². The first kappa shape index (κ1) is 31.5. The van der Waals surface area contributed by atoms with Gasteiger partial charge in [0, 0.05) is 0 Å². The Morgan fingerprint density at radius 3 is 1.34 bits per heavy atom. The molecular formula is C30H60O2. The SMILES string of the molecule is CCCCCCCCCCCC(CCCCCCCC)C(CCCCC(C)(C)C)C(=O)O. The predicted octanol–water partition coefficient (Wildman–Crippen LogP) is 10.6. The zero-order chi connectivity index (χ0) is 24.1.